The first kappa shape index (κ1) is 17.4. The van der Waals surface area contributed by atoms with Crippen LogP contribution in [0.5, 0.6) is 0 Å². The first-order valence-electron chi connectivity index (χ1n) is 7.44. The fraction of sp³-hybridized carbons (Fsp3) is 0.0556. The smallest absolute Gasteiger partial charge is 0.416 e. The zero-order valence-corrected chi connectivity index (χ0v) is 13.2. The first-order chi connectivity index (χ1) is 12.3. The number of aromatic nitrogens is 2. The summed E-state index contributed by atoms with van der Waals surface area (Å²) in [6.45, 7) is 0. The van der Waals surface area contributed by atoms with E-state index in [2.05, 4.69) is 15.3 Å². The lowest BCUT2D eigenvalue weighted by molar-refractivity contribution is -0.137. The van der Waals surface area contributed by atoms with Gasteiger partial charge in [0.1, 0.15) is 0 Å². The van der Waals surface area contributed by atoms with Crippen LogP contribution in [0.25, 0.3) is 22.6 Å². The Morgan fingerprint density at radius 1 is 0.923 bits per heavy atom. The van der Waals surface area contributed by atoms with E-state index >= 15 is 0 Å². The Balaban J connectivity index is 1.87. The van der Waals surface area contributed by atoms with E-state index in [0.717, 1.165) is 17.7 Å². The van der Waals surface area contributed by atoms with Crippen molar-refractivity contribution < 1.29 is 23.1 Å². The second kappa shape index (κ2) is 6.83. The quantitative estimate of drug-likeness (QED) is 0.696. The van der Waals surface area contributed by atoms with Crippen molar-refractivity contribution in [2.24, 2.45) is 0 Å². The molecule has 132 valence electrons. The van der Waals surface area contributed by atoms with Crippen LogP contribution in [0.2, 0.25) is 0 Å². The zero-order chi connectivity index (χ0) is 18.7. The number of anilines is 1. The predicted octanol–water partition coefficient (Wildman–Crippen LogP) is 4.92. The molecule has 5 nitrogen and oxygen atoms in total. The molecule has 1 amide bonds. The highest BCUT2D eigenvalue weighted by atomic mass is 19.4. The summed E-state index contributed by atoms with van der Waals surface area (Å²) >= 11 is 0. The van der Waals surface area contributed by atoms with Gasteiger partial charge in [0.2, 0.25) is 0 Å². The molecule has 0 bridgehead atoms. The lowest BCUT2D eigenvalue weighted by Gasteiger charge is -2.08. The number of nitrogens with one attached hydrogen (secondary N) is 1. The Hall–Kier alpha value is -3.42. The molecular weight excluding hydrogens is 347 g/mol. The maximum atomic E-state index is 12.6. The average Bonchev–Trinajstić information content (AvgIpc) is 2.61. The van der Waals surface area contributed by atoms with Crippen LogP contribution in [0, 0.1) is 0 Å². The molecule has 1 aromatic heterocycles. The molecule has 8 heteroatoms. The van der Waals surface area contributed by atoms with E-state index in [9.17, 15) is 18.0 Å². The second-order valence-electron chi connectivity index (χ2n) is 5.35. The second-order valence-corrected chi connectivity index (χ2v) is 5.35. The van der Waals surface area contributed by atoms with Gasteiger partial charge < -0.3 is 5.11 Å². The lowest BCUT2D eigenvalue weighted by Crippen LogP contribution is -2.06. The summed E-state index contributed by atoms with van der Waals surface area (Å²) in [6.07, 6.45) is -4.05. The summed E-state index contributed by atoms with van der Waals surface area (Å²) in [6, 6.07) is 12.8. The van der Waals surface area contributed by atoms with E-state index in [-0.39, 0.29) is 0 Å². The average molecular weight is 359 g/mol. The van der Waals surface area contributed by atoms with E-state index in [0.29, 0.717) is 22.8 Å². The molecule has 0 aliphatic rings. The van der Waals surface area contributed by atoms with Crippen molar-refractivity contribution in [3.05, 3.63) is 66.4 Å². The Labute approximate surface area is 146 Å². The molecule has 0 saturated carbocycles. The Kier molecular flexibility index (Phi) is 4.57. The first-order valence-corrected chi connectivity index (χ1v) is 7.44. The number of nitrogens with zero attached hydrogens (tertiary/aromatic N) is 2. The molecule has 0 unspecified atom stereocenters. The normalized spacial score (nSPS) is 11.2. The molecule has 3 rings (SSSR count). The van der Waals surface area contributed by atoms with Gasteiger partial charge in [-0.15, -0.1) is 0 Å². The summed E-state index contributed by atoms with van der Waals surface area (Å²) in [7, 11) is 0. The van der Waals surface area contributed by atoms with Crippen LogP contribution in [0.15, 0.2) is 60.8 Å². The minimum atomic E-state index is -4.40. The van der Waals surface area contributed by atoms with Gasteiger partial charge in [-0.05, 0) is 30.3 Å². The highest BCUT2D eigenvalue weighted by molar-refractivity contribution is 5.83. The molecule has 3 aromatic rings. The van der Waals surface area contributed by atoms with Gasteiger partial charge in [0.05, 0.1) is 11.3 Å². The van der Waals surface area contributed by atoms with Crippen molar-refractivity contribution in [3.8, 4) is 22.6 Å². The third-order valence-corrected chi connectivity index (χ3v) is 3.56. The molecule has 2 aromatic carbocycles. The molecule has 26 heavy (non-hydrogen) atoms. The Morgan fingerprint density at radius 3 is 2.12 bits per heavy atom. The van der Waals surface area contributed by atoms with Gasteiger partial charge in [-0.3, -0.25) is 5.32 Å². The molecule has 0 atom stereocenters. The summed E-state index contributed by atoms with van der Waals surface area (Å²) in [5.74, 6) is 0.295. The van der Waals surface area contributed by atoms with Crippen LogP contribution in [0.4, 0.5) is 23.7 Å². The molecule has 0 fully saturated rings. The van der Waals surface area contributed by atoms with Gasteiger partial charge >= 0.3 is 12.3 Å². The fourth-order valence-corrected chi connectivity index (χ4v) is 2.31. The maximum absolute atomic E-state index is 12.6. The standard InChI is InChI=1S/C18H12F3N3O2/c19-18(20,21)13-5-1-12(2-6-13)16-22-10-9-15(24-16)11-3-7-14(8-4-11)23-17(25)26/h1-10,23H,(H,25,26). The van der Waals surface area contributed by atoms with Crippen LogP contribution in [-0.2, 0) is 6.18 Å². The van der Waals surface area contributed by atoms with Gasteiger partial charge in [0.15, 0.2) is 5.82 Å². The fourth-order valence-electron chi connectivity index (χ4n) is 2.31. The minimum Gasteiger partial charge on any atom is -0.465 e. The van der Waals surface area contributed by atoms with Crippen LogP contribution < -0.4 is 5.32 Å². The number of carboxylic acid groups (broad SMARTS) is 1. The topological polar surface area (TPSA) is 75.1 Å². The monoisotopic (exact) mass is 359 g/mol. The van der Waals surface area contributed by atoms with Gasteiger partial charge in [-0.1, -0.05) is 24.3 Å². The van der Waals surface area contributed by atoms with Gasteiger partial charge in [-0.25, -0.2) is 14.8 Å². The third-order valence-electron chi connectivity index (χ3n) is 3.56. The van der Waals surface area contributed by atoms with Gasteiger partial charge in [0, 0.05) is 23.0 Å². The number of amides is 1. The molecule has 1 heterocycles. The van der Waals surface area contributed by atoms with Crippen LogP contribution >= 0.6 is 0 Å². The molecule has 2 N–H and O–H groups in total. The molecule has 0 saturated heterocycles. The summed E-state index contributed by atoms with van der Waals surface area (Å²) < 4.78 is 37.9. The molecule has 0 radical (unpaired) electrons. The van der Waals surface area contributed by atoms with E-state index in [1.165, 1.54) is 18.3 Å². The number of rotatable bonds is 3. The van der Waals surface area contributed by atoms with Crippen molar-refractivity contribution in [2.75, 3.05) is 5.32 Å². The predicted molar refractivity (Wildman–Crippen MR) is 89.6 cm³/mol. The van der Waals surface area contributed by atoms with Crippen molar-refractivity contribution in [1.29, 1.82) is 0 Å². The van der Waals surface area contributed by atoms with E-state index in [1.807, 2.05) is 0 Å². The Morgan fingerprint density at radius 2 is 1.54 bits per heavy atom. The SMILES string of the molecule is O=C(O)Nc1ccc(-c2ccnc(-c3ccc(C(F)(F)F)cc3)n2)cc1. The van der Waals surface area contributed by atoms with Crippen molar-refractivity contribution in [2.45, 2.75) is 6.18 Å². The number of halogens is 3. The summed E-state index contributed by atoms with van der Waals surface area (Å²) in [5.41, 5.74) is 1.43. The summed E-state index contributed by atoms with van der Waals surface area (Å²) in [4.78, 5) is 19.1. The number of hydrogen-bond donors (Lipinski definition) is 2. The van der Waals surface area contributed by atoms with E-state index in [4.69, 9.17) is 5.11 Å². The van der Waals surface area contributed by atoms with Crippen molar-refractivity contribution in [3.63, 3.8) is 0 Å². The zero-order valence-electron chi connectivity index (χ0n) is 13.2. The van der Waals surface area contributed by atoms with E-state index < -0.39 is 17.8 Å². The number of alkyl halides is 3. The minimum absolute atomic E-state index is 0.295. The summed E-state index contributed by atoms with van der Waals surface area (Å²) in [5, 5.41) is 10.9. The van der Waals surface area contributed by atoms with Gasteiger partial charge in [-0.2, -0.15) is 13.2 Å². The van der Waals surface area contributed by atoms with Crippen molar-refractivity contribution in [1.82, 2.24) is 9.97 Å². The number of carbonyl (C=O) groups is 1. The number of benzene rings is 2. The number of hydrogen-bond acceptors (Lipinski definition) is 3. The molecule has 0 aliphatic heterocycles. The largest absolute Gasteiger partial charge is 0.465 e. The molecular formula is C18H12F3N3O2. The highest BCUT2D eigenvalue weighted by Gasteiger charge is 2.30. The van der Waals surface area contributed by atoms with E-state index in [1.54, 1.807) is 30.3 Å². The molecule has 0 spiro atoms. The van der Waals surface area contributed by atoms with Gasteiger partial charge in [0.25, 0.3) is 0 Å². The van der Waals surface area contributed by atoms with Crippen molar-refractivity contribution >= 4 is 11.8 Å². The van der Waals surface area contributed by atoms with Crippen LogP contribution in [0.3, 0.4) is 0 Å². The Bertz CT molecular complexity index is 924. The molecule has 0 aliphatic carbocycles. The third kappa shape index (κ3) is 3.97. The highest BCUT2D eigenvalue weighted by Crippen LogP contribution is 2.30. The van der Waals surface area contributed by atoms with Crippen LogP contribution in [0.1, 0.15) is 5.56 Å². The lowest BCUT2D eigenvalue weighted by atomic mass is 10.1. The maximum Gasteiger partial charge on any atom is 0.416 e. The van der Waals surface area contributed by atoms with Crippen LogP contribution in [-0.4, -0.2) is 21.2 Å².